The number of carboxylic acid groups (broad SMARTS) is 1. The van der Waals surface area contributed by atoms with Gasteiger partial charge in [0.05, 0.1) is 5.56 Å². The van der Waals surface area contributed by atoms with Crippen LogP contribution in [0.1, 0.15) is 15.9 Å². The van der Waals surface area contributed by atoms with Crippen molar-refractivity contribution in [3.05, 3.63) is 58.9 Å². The van der Waals surface area contributed by atoms with Crippen molar-refractivity contribution in [2.75, 3.05) is 0 Å². The molecule has 0 saturated heterocycles. The molecule has 1 N–H and O–H groups in total. The number of halogens is 1. The first-order chi connectivity index (χ1) is 8.65. The third kappa shape index (κ3) is 3.48. The lowest BCUT2D eigenvalue weighted by atomic mass is 10.2. The Morgan fingerprint density at radius 1 is 1.28 bits per heavy atom. The normalized spacial score (nSPS) is 10.3. The van der Waals surface area contributed by atoms with Gasteiger partial charge in [-0.25, -0.2) is 9.78 Å². The van der Waals surface area contributed by atoms with E-state index < -0.39 is 5.97 Å². The predicted octanol–water partition coefficient (Wildman–Crippen LogP) is 3.73. The number of carboxylic acids is 1. The average Bonchev–Trinajstić information content (AvgIpc) is 2.37. The maximum Gasteiger partial charge on any atom is 0.335 e. The standard InChI is InChI=1S/C13H10ClNO2S/c14-12-7-9(5-6-15-12)8-18-11-3-1-10(2-4-11)13(16)17/h1-7H,8H2,(H,16,17). The number of benzene rings is 1. The summed E-state index contributed by atoms with van der Waals surface area (Å²) in [5.74, 6) is -0.137. The molecular formula is C13H10ClNO2S. The van der Waals surface area contributed by atoms with Crippen LogP contribution in [0.25, 0.3) is 0 Å². The minimum absolute atomic E-state index is 0.298. The Morgan fingerprint density at radius 2 is 2.00 bits per heavy atom. The molecule has 18 heavy (non-hydrogen) atoms. The lowest BCUT2D eigenvalue weighted by molar-refractivity contribution is 0.0697. The molecule has 0 unspecified atom stereocenters. The van der Waals surface area contributed by atoms with E-state index in [1.807, 2.05) is 12.1 Å². The van der Waals surface area contributed by atoms with Crippen LogP contribution in [0.5, 0.6) is 0 Å². The molecule has 0 aliphatic rings. The van der Waals surface area contributed by atoms with E-state index in [2.05, 4.69) is 4.98 Å². The fourth-order valence-corrected chi connectivity index (χ4v) is 2.43. The number of hydrogen-bond donors (Lipinski definition) is 1. The molecule has 3 nitrogen and oxygen atoms in total. The van der Waals surface area contributed by atoms with E-state index in [9.17, 15) is 4.79 Å². The van der Waals surface area contributed by atoms with Gasteiger partial charge in [-0.3, -0.25) is 0 Å². The second-order valence-corrected chi connectivity index (χ2v) is 5.04. The van der Waals surface area contributed by atoms with Crippen molar-refractivity contribution in [1.82, 2.24) is 4.98 Å². The molecular weight excluding hydrogens is 270 g/mol. The molecule has 2 aromatic rings. The Morgan fingerprint density at radius 3 is 2.61 bits per heavy atom. The van der Waals surface area contributed by atoms with Crippen molar-refractivity contribution in [2.24, 2.45) is 0 Å². The topological polar surface area (TPSA) is 50.2 Å². The maximum absolute atomic E-state index is 10.7. The quantitative estimate of drug-likeness (QED) is 0.684. The van der Waals surface area contributed by atoms with Crippen molar-refractivity contribution >= 4 is 29.3 Å². The van der Waals surface area contributed by atoms with Gasteiger partial charge in [-0.05, 0) is 42.0 Å². The van der Waals surface area contributed by atoms with E-state index in [0.717, 1.165) is 16.2 Å². The fraction of sp³-hybridized carbons (Fsp3) is 0.0769. The molecule has 1 aromatic heterocycles. The summed E-state index contributed by atoms with van der Waals surface area (Å²) in [5, 5.41) is 9.27. The first-order valence-corrected chi connectivity index (χ1v) is 6.58. The van der Waals surface area contributed by atoms with Crippen molar-refractivity contribution < 1.29 is 9.90 Å². The summed E-state index contributed by atoms with van der Waals surface area (Å²) in [7, 11) is 0. The third-order valence-corrected chi connectivity index (χ3v) is 3.59. The number of carbonyl (C=O) groups is 1. The molecule has 1 heterocycles. The van der Waals surface area contributed by atoms with E-state index in [1.165, 1.54) is 0 Å². The predicted molar refractivity (Wildman–Crippen MR) is 72.2 cm³/mol. The van der Waals surface area contributed by atoms with Crippen molar-refractivity contribution in [2.45, 2.75) is 10.6 Å². The van der Waals surface area contributed by atoms with E-state index >= 15 is 0 Å². The summed E-state index contributed by atoms with van der Waals surface area (Å²) in [6.07, 6.45) is 1.67. The zero-order valence-electron chi connectivity index (χ0n) is 9.34. The summed E-state index contributed by atoms with van der Waals surface area (Å²) in [6.45, 7) is 0. The largest absolute Gasteiger partial charge is 0.478 e. The minimum Gasteiger partial charge on any atom is -0.478 e. The third-order valence-electron chi connectivity index (χ3n) is 2.30. The van der Waals surface area contributed by atoms with Crippen molar-refractivity contribution in [1.29, 1.82) is 0 Å². The summed E-state index contributed by atoms with van der Waals surface area (Å²) in [5.41, 5.74) is 1.38. The van der Waals surface area contributed by atoms with Crippen LogP contribution in [0.4, 0.5) is 0 Å². The van der Waals surface area contributed by atoms with Gasteiger partial charge in [0.2, 0.25) is 0 Å². The molecule has 0 fully saturated rings. The maximum atomic E-state index is 10.7. The molecule has 0 amide bonds. The Balaban J connectivity index is 2.00. The first-order valence-electron chi connectivity index (χ1n) is 5.22. The SMILES string of the molecule is O=C(O)c1ccc(SCc2ccnc(Cl)c2)cc1. The number of pyridine rings is 1. The number of aromatic carboxylic acids is 1. The van der Waals surface area contributed by atoms with E-state index in [-0.39, 0.29) is 0 Å². The Labute approximate surface area is 114 Å². The summed E-state index contributed by atoms with van der Waals surface area (Å²) < 4.78 is 0. The molecule has 92 valence electrons. The van der Waals surface area contributed by atoms with Crippen LogP contribution in [0.3, 0.4) is 0 Å². The second kappa shape index (κ2) is 5.89. The summed E-state index contributed by atoms with van der Waals surface area (Å²) in [6, 6.07) is 10.5. The van der Waals surface area contributed by atoms with Crippen LogP contribution < -0.4 is 0 Å². The van der Waals surface area contributed by atoms with Crippen LogP contribution in [0.2, 0.25) is 5.15 Å². The highest BCUT2D eigenvalue weighted by Crippen LogP contribution is 2.23. The van der Waals surface area contributed by atoms with Crippen molar-refractivity contribution in [3.63, 3.8) is 0 Å². The lowest BCUT2D eigenvalue weighted by Gasteiger charge is -2.03. The molecule has 0 spiro atoms. The van der Waals surface area contributed by atoms with Crippen LogP contribution >= 0.6 is 23.4 Å². The number of hydrogen-bond acceptors (Lipinski definition) is 3. The Kier molecular flexibility index (Phi) is 4.23. The lowest BCUT2D eigenvalue weighted by Crippen LogP contribution is -1.94. The van der Waals surface area contributed by atoms with Crippen LogP contribution in [-0.4, -0.2) is 16.1 Å². The Hall–Kier alpha value is -1.52. The molecule has 0 radical (unpaired) electrons. The summed E-state index contributed by atoms with van der Waals surface area (Å²) >= 11 is 7.42. The zero-order valence-corrected chi connectivity index (χ0v) is 10.9. The van der Waals surface area contributed by atoms with Gasteiger partial charge in [0.25, 0.3) is 0 Å². The minimum atomic E-state index is -0.910. The molecule has 0 aliphatic carbocycles. The molecule has 0 saturated carbocycles. The van der Waals surface area contributed by atoms with E-state index in [0.29, 0.717) is 10.7 Å². The van der Waals surface area contributed by atoms with Gasteiger partial charge in [-0.1, -0.05) is 11.6 Å². The highest BCUT2D eigenvalue weighted by atomic mass is 35.5. The molecule has 0 bridgehead atoms. The van der Waals surface area contributed by atoms with Gasteiger partial charge in [0, 0.05) is 16.8 Å². The highest BCUT2D eigenvalue weighted by Gasteiger charge is 2.02. The molecule has 0 atom stereocenters. The fourth-order valence-electron chi connectivity index (χ4n) is 1.39. The van der Waals surface area contributed by atoms with Gasteiger partial charge in [-0.15, -0.1) is 11.8 Å². The summed E-state index contributed by atoms with van der Waals surface area (Å²) in [4.78, 5) is 15.6. The highest BCUT2D eigenvalue weighted by molar-refractivity contribution is 7.98. The van der Waals surface area contributed by atoms with Crippen LogP contribution in [0.15, 0.2) is 47.5 Å². The monoisotopic (exact) mass is 279 g/mol. The molecule has 2 rings (SSSR count). The first kappa shape index (κ1) is 12.9. The molecule has 0 aliphatic heterocycles. The van der Waals surface area contributed by atoms with Gasteiger partial charge in [0.15, 0.2) is 0 Å². The van der Waals surface area contributed by atoms with Crippen molar-refractivity contribution in [3.8, 4) is 0 Å². The van der Waals surface area contributed by atoms with Gasteiger partial charge < -0.3 is 5.11 Å². The van der Waals surface area contributed by atoms with Gasteiger partial charge in [-0.2, -0.15) is 0 Å². The number of thioether (sulfide) groups is 1. The van der Waals surface area contributed by atoms with E-state index in [4.69, 9.17) is 16.7 Å². The van der Waals surface area contributed by atoms with E-state index in [1.54, 1.807) is 42.2 Å². The van der Waals surface area contributed by atoms with Crippen LogP contribution in [0, 0.1) is 0 Å². The van der Waals surface area contributed by atoms with Gasteiger partial charge >= 0.3 is 5.97 Å². The van der Waals surface area contributed by atoms with Crippen LogP contribution in [-0.2, 0) is 5.75 Å². The number of rotatable bonds is 4. The Bertz CT molecular complexity index is 557. The second-order valence-electron chi connectivity index (χ2n) is 3.61. The zero-order chi connectivity index (χ0) is 13.0. The molecule has 1 aromatic carbocycles. The average molecular weight is 280 g/mol. The number of aromatic nitrogens is 1. The smallest absolute Gasteiger partial charge is 0.335 e. The number of nitrogens with zero attached hydrogens (tertiary/aromatic N) is 1. The van der Waals surface area contributed by atoms with Gasteiger partial charge in [0.1, 0.15) is 5.15 Å². The molecule has 5 heteroatoms.